The highest BCUT2D eigenvalue weighted by atomic mass is 32.2. The molecule has 0 N–H and O–H groups in total. The smallest absolute Gasteiger partial charge is 0.435 e. The molecule has 208 valence electrons. The normalized spacial score (nSPS) is 12.4. The minimum absolute atomic E-state index is 0.0208. The Morgan fingerprint density at radius 2 is 1.77 bits per heavy atom. The Labute approximate surface area is 221 Å². The van der Waals surface area contributed by atoms with Crippen LogP contribution in [0.15, 0.2) is 75.0 Å². The molecule has 0 saturated heterocycles. The molecule has 0 amide bonds. The van der Waals surface area contributed by atoms with Gasteiger partial charge in [0.25, 0.3) is 0 Å². The minimum atomic E-state index is -4.76. The van der Waals surface area contributed by atoms with Crippen molar-refractivity contribution < 1.29 is 39.5 Å². The number of ether oxygens (including phenoxy) is 1. The summed E-state index contributed by atoms with van der Waals surface area (Å²) in [5.41, 5.74) is -0.873. The van der Waals surface area contributed by atoms with Crippen LogP contribution < -0.4 is 10.4 Å². The molecule has 0 aliphatic rings. The lowest BCUT2D eigenvalue weighted by atomic mass is 10.3. The van der Waals surface area contributed by atoms with E-state index in [-0.39, 0.29) is 39.2 Å². The molecule has 10 nitrogen and oxygen atoms in total. The average Bonchev–Trinajstić information content (AvgIpc) is 3.51. The van der Waals surface area contributed by atoms with Crippen molar-refractivity contribution in [1.82, 2.24) is 24.3 Å². The van der Waals surface area contributed by atoms with Crippen LogP contribution in [0.1, 0.15) is 6.92 Å². The summed E-state index contributed by atoms with van der Waals surface area (Å²) in [6.45, 7) is 1.39. The molecule has 5 rings (SSSR count). The van der Waals surface area contributed by atoms with Crippen LogP contribution >= 0.6 is 0 Å². The van der Waals surface area contributed by atoms with Crippen LogP contribution in [-0.4, -0.2) is 51.0 Å². The largest absolute Gasteiger partial charge is 0.461 e. The van der Waals surface area contributed by atoms with E-state index in [1.54, 1.807) is 0 Å². The highest BCUT2D eigenvalue weighted by Crippen LogP contribution is 2.33. The van der Waals surface area contributed by atoms with E-state index >= 15 is 0 Å². The van der Waals surface area contributed by atoms with E-state index in [2.05, 4.69) is 19.8 Å². The van der Waals surface area contributed by atoms with Crippen molar-refractivity contribution in [3.8, 4) is 28.8 Å². The van der Waals surface area contributed by atoms with Crippen molar-refractivity contribution in [2.24, 2.45) is 0 Å². The average molecular weight is 581 g/mol. The van der Waals surface area contributed by atoms with Gasteiger partial charge in [-0.3, -0.25) is 0 Å². The van der Waals surface area contributed by atoms with Gasteiger partial charge >= 0.3 is 18.2 Å². The van der Waals surface area contributed by atoms with E-state index in [4.69, 9.17) is 4.42 Å². The Morgan fingerprint density at radius 1 is 1.05 bits per heavy atom. The molecular formula is C24H16F5N5O5S. The quantitative estimate of drug-likeness (QED) is 0.247. The van der Waals surface area contributed by atoms with E-state index in [1.807, 2.05) is 0 Å². The number of rotatable bonds is 8. The van der Waals surface area contributed by atoms with Crippen molar-refractivity contribution in [3.05, 3.63) is 77.2 Å². The number of benzene rings is 2. The van der Waals surface area contributed by atoms with E-state index in [0.29, 0.717) is 5.69 Å². The van der Waals surface area contributed by atoms with E-state index < -0.39 is 39.6 Å². The molecule has 0 aliphatic carbocycles. The first-order valence-electron chi connectivity index (χ1n) is 11.3. The molecular weight excluding hydrogens is 565 g/mol. The molecule has 40 heavy (non-hydrogen) atoms. The monoisotopic (exact) mass is 581 g/mol. The molecule has 0 unspecified atom stereocenters. The number of aromatic nitrogens is 5. The van der Waals surface area contributed by atoms with Crippen LogP contribution in [0.25, 0.3) is 34.2 Å². The molecule has 0 atom stereocenters. The predicted molar refractivity (Wildman–Crippen MR) is 129 cm³/mol. The molecule has 2 aromatic carbocycles. The van der Waals surface area contributed by atoms with Crippen LogP contribution in [-0.2, 0) is 9.84 Å². The zero-order chi connectivity index (χ0) is 28.8. The summed E-state index contributed by atoms with van der Waals surface area (Å²) >= 11 is 0. The minimum Gasteiger partial charge on any atom is -0.435 e. The Balaban J connectivity index is 1.61. The number of alkyl halides is 4. The van der Waals surface area contributed by atoms with E-state index in [9.17, 15) is 35.2 Å². The van der Waals surface area contributed by atoms with Crippen molar-refractivity contribution in [3.63, 3.8) is 0 Å². The second-order valence-corrected chi connectivity index (χ2v) is 10.5. The molecule has 0 radical (unpaired) electrons. The summed E-state index contributed by atoms with van der Waals surface area (Å²) in [6, 6.07) is 10.4. The highest BCUT2D eigenvalue weighted by molar-refractivity contribution is 7.91. The van der Waals surface area contributed by atoms with Gasteiger partial charge in [0, 0.05) is 6.07 Å². The summed E-state index contributed by atoms with van der Waals surface area (Å²) < 4.78 is 102. The highest BCUT2D eigenvalue weighted by Gasteiger charge is 2.44. The first-order chi connectivity index (χ1) is 18.9. The lowest BCUT2D eigenvalue weighted by Gasteiger charge is -2.16. The molecule has 16 heteroatoms. The van der Waals surface area contributed by atoms with Crippen molar-refractivity contribution in [2.45, 2.75) is 24.4 Å². The number of hydrogen-bond acceptors (Lipinski definition) is 8. The van der Waals surface area contributed by atoms with Crippen LogP contribution in [0.2, 0.25) is 0 Å². The van der Waals surface area contributed by atoms with Gasteiger partial charge in [-0.25, -0.2) is 32.1 Å². The van der Waals surface area contributed by atoms with Crippen LogP contribution in [0.4, 0.5) is 22.0 Å². The molecule has 0 saturated carbocycles. The maximum Gasteiger partial charge on any atom is 0.461 e. The molecule has 3 heterocycles. The maximum absolute atomic E-state index is 13.3. The molecule has 0 spiro atoms. The van der Waals surface area contributed by atoms with E-state index in [0.717, 1.165) is 45.9 Å². The molecule has 3 aromatic heterocycles. The summed E-state index contributed by atoms with van der Waals surface area (Å²) in [7, 11) is -3.93. The summed E-state index contributed by atoms with van der Waals surface area (Å²) in [5, 5.41) is 4.00. The van der Waals surface area contributed by atoms with Gasteiger partial charge in [-0.15, -0.1) is 0 Å². The summed E-state index contributed by atoms with van der Waals surface area (Å²) in [4.78, 5) is 21.1. The van der Waals surface area contributed by atoms with Crippen LogP contribution in [0, 0.1) is 5.82 Å². The number of nitrogens with zero attached hydrogens (tertiary/aromatic N) is 5. The van der Waals surface area contributed by atoms with Gasteiger partial charge < -0.3 is 9.15 Å². The van der Waals surface area contributed by atoms with Crippen LogP contribution in [0.5, 0.6) is 5.75 Å². The fourth-order valence-corrected chi connectivity index (χ4v) is 4.64. The molecule has 0 bridgehead atoms. The molecule has 5 aromatic rings. The van der Waals surface area contributed by atoms with Gasteiger partial charge in [-0.1, -0.05) is 6.92 Å². The summed E-state index contributed by atoms with van der Waals surface area (Å²) in [5.74, 6) is -1.98. The van der Waals surface area contributed by atoms with Gasteiger partial charge in [-0.05, 0) is 48.5 Å². The van der Waals surface area contributed by atoms with Gasteiger partial charge in [-0.2, -0.15) is 27.3 Å². The number of sulfone groups is 1. The Kier molecular flexibility index (Phi) is 6.65. The SMILES string of the molecule is CCS(=O)(=O)c1ccc(-n2ncn(-c3ccc(F)cc3)c2=O)nc1-c1nc2cc(OC(F)(F)C(F)F)ccc2o1. The molecule has 0 fully saturated rings. The fraction of sp³-hybridized carbons (Fsp3) is 0.167. The predicted octanol–water partition coefficient (Wildman–Crippen LogP) is 4.40. The number of halogens is 5. The van der Waals surface area contributed by atoms with E-state index in [1.165, 1.54) is 31.2 Å². The number of fused-ring (bicyclic) bond motifs is 1. The first-order valence-corrected chi connectivity index (χ1v) is 13.0. The Bertz CT molecular complexity index is 1880. The second-order valence-electron chi connectivity index (χ2n) is 8.20. The van der Waals surface area contributed by atoms with Gasteiger partial charge in [0.1, 0.15) is 29.1 Å². The number of pyridine rings is 1. The Morgan fingerprint density at radius 3 is 2.45 bits per heavy atom. The first kappa shape index (κ1) is 27.0. The van der Waals surface area contributed by atoms with Gasteiger partial charge in [0.15, 0.2) is 21.2 Å². The standard InChI is InChI=1S/C24H16F5N5O5S/c1-2-40(36,37)18-9-10-19(34-23(35)33(12-30-34)14-5-3-13(25)4-6-14)32-20(18)21-31-16-11-15(7-8-17(16)38-21)39-24(28,29)22(26)27/h3-12,22H,2H2,1H3. The summed E-state index contributed by atoms with van der Waals surface area (Å²) in [6.07, 6.45) is -7.69. The zero-order valence-corrected chi connectivity index (χ0v) is 20.9. The van der Waals surface area contributed by atoms with Crippen molar-refractivity contribution >= 4 is 20.9 Å². The molecule has 0 aliphatic heterocycles. The second kappa shape index (κ2) is 9.86. The zero-order valence-electron chi connectivity index (χ0n) is 20.1. The third-order valence-electron chi connectivity index (χ3n) is 5.62. The fourth-order valence-electron chi connectivity index (χ4n) is 3.63. The maximum atomic E-state index is 13.3. The Hall–Kier alpha value is -4.60. The van der Waals surface area contributed by atoms with Gasteiger partial charge in [0.05, 0.1) is 16.3 Å². The topological polar surface area (TPSA) is 122 Å². The van der Waals surface area contributed by atoms with Crippen molar-refractivity contribution in [2.75, 3.05) is 5.75 Å². The third kappa shape index (κ3) is 4.92. The number of hydrogen-bond donors (Lipinski definition) is 0. The van der Waals surface area contributed by atoms with Crippen molar-refractivity contribution in [1.29, 1.82) is 0 Å². The number of oxazole rings is 1. The lowest BCUT2D eigenvalue weighted by molar-refractivity contribution is -0.253. The third-order valence-corrected chi connectivity index (χ3v) is 7.38. The van der Waals surface area contributed by atoms with Crippen LogP contribution in [0.3, 0.4) is 0 Å². The van der Waals surface area contributed by atoms with Gasteiger partial charge in [0.2, 0.25) is 5.89 Å². The lowest BCUT2D eigenvalue weighted by Crippen LogP contribution is -2.33.